The van der Waals surface area contributed by atoms with Crippen LogP contribution < -0.4 is 4.74 Å². The van der Waals surface area contributed by atoms with Gasteiger partial charge in [0.25, 0.3) is 0 Å². The van der Waals surface area contributed by atoms with E-state index >= 15 is 0 Å². The molecule has 1 aromatic carbocycles. The highest BCUT2D eigenvalue weighted by Crippen LogP contribution is 2.32. The van der Waals surface area contributed by atoms with E-state index in [9.17, 15) is 17.6 Å². The molecule has 0 fully saturated rings. The number of ether oxygens (including phenoxy) is 1. The molecule has 0 unspecified atom stereocenters. The highest BCUT2D eigenvalue weighted by atomic mass is 19.4. The summed E-state index contributed by atoms with van der Waals surface area (Å²) in [7, 11) is 0. The minimum Gasteiger partial charge on any atom is -0.482 e. The lowest BCUT2D eigenvalue weighted by molar-refractivity contribution is -0.159. The van der Waals surface area contributed by atoms with Crippen molar-refractivity contribution < 1.29 is 31.3 Å². The van der Waals surface area contributed by atoms with E-state index in [0.29, 0.717) is 0 Å². The molecule has 3 aromatic rings. The number of benzene rings is 1. The van der Waals surface area contributed by atoms with Crippen LogP contribution in [0.5, 0.6) is 5.75 Å². The first-order chi connectivity index (χ1) is 10.9. The molecule has 0 saturated carbocycles. The van der Waals surface area contributed by atoms with Crippen LogP contribution in [0.25, 0.3) is 11.4 Å². The van der Waals surface area contributed by atoms with Crippen molar-refractivity contribution in [3.63, 3.8) is 0 Å². The highest BCUT2D eigenvalue weighted by molar-refractivity contribution is 5.58. The van der Waals surface area contributed by atoms with Gasteiger partial charge in [0, 0.05) is 0 Å². The summed E-state index contributed by atoms with van der Waals surface area (Å²) >= 11 is 0. The van der Waals surface area contributed by atoms with Gasteiger partial charge < -0.3 is 13.8 Å². The van der Waals surface area contributed by atoms with E-state index < -0.39 is 23.7 Å². The number of hydrogen-bond donors (Lipinski definition) is 0. The first kappa shape index (κ1) is 14.9. The third-order valence-electron chi connectivity index (χ3n) is 2.64. The number of halogens is 4. The molecule has 0 atom stereocenters. The molecule has 0 saturated heterocycles. The van der Waals surface area contributed by atoms with E-state index in [2.05, 4.69) is 29.3 Å². The van der Waals surface area contributed by atoms with E-state index in [1.807, 2.05) is 0 Å². The molecular weight excluding hydrogens is 324 g/mol. The van der Waals surface area contributed by atoms with Gasteiger partial charge in [-0.05, 0) is 12.1 Å². The fourth-order valence-corrected chi connectivity index (χ4v) is 1.64. The molecule has 0 N–H and O–H groups in total. The van der Waals surface area contributed by atoms with E-state index in [1.54, 1.807) is 0 Å². The molecule has 2 heterocycles. The zero-order valence-electron chi connectivity index (χ0n) is 11.0. The van der Waals surface area contributed by atoms with Crippen molar-refractivity contribution in [2.75, 3.05) is 0 Å². The van der Waals surface area contributed by atoms with Crippen LogP contribution in [0.3, 0.4) is 0 Å². The van der Waals surface area contributed by atoms with E-state index in [1.165, 1.54) is 18.2 Å². The van der Waals surface area contributed by atoms with Crippen LogP contribution in [0.15, 0.2) is 33.6 Å². The topological polar surface area (TPSA) is 87.1 Å². The lowest BCUT2D eigenvalue weighted by atomic mass is 10.2. The number of aromatic nitrogens is 4. The van der Waals surface area contributed by atoms with Crippen molar-refractivity contribution in [2.24, 2.45) is 0 Å². The molecule has 11 heteroatoms. The maximum atomic E-state index is 14.3. The molecule has 0 aliphatic heterocycles. The van der Waals surface area contributed by atoms with Crippen molar-refractivity contribution in [1.29, 1.82) is 0 Å². The Morgan fingerprint density at radius 3 is 2.65 bits per heavy atom. The first-order valence-corrected chi connectivity index (χ1v) is 6.03. The lowest BCUT2D eigenvalue weighted by Crippen LogP contribution is -2.05. The third-order valence-corrected chi connectivity index (χ3v) is 2.64. The van der Waals surface area contributed by atoms with Crippen LogP contribution in [0, 0.1) is 5.82 Å². The summed E-state index contributed by atoms with van der Waals surface area (Å²) in [6, 6.07) is 3.85. The molecule has 0 aliphatic rings. The Labute approximate surface area is 124 Å². The average Bonchev–Trinajstić information content (AvgIpc) is 3.17. The number of hydrogen-bond acceptors (Lipinski definition) is 7. The summed E-state index contributed by atoms with van der Waals surface area (Å²) in [5, 5.41) is 6.60. The summed E-state index contributed by atoms with van der Waals surface area (Å²) in [6.45, 7) is -0.184. The van der Waals surface area contributed by atoms with Crippen molar-refractivity contribution in [3.8, 4) is 17.1 Å². The molecule has 0 bridgehead atoms. The highest BCUT2D eigenvalue weighted by Gasteiger charge is 2.38. The third kappa shape index (κ3) is 3.12. The van der Waals surface area contributed by atoms with Gasteiger partial charge in [-0.15, -0.1) is 0 Å². The van der Waals surface area contributed by atoms with Crippen LogP contribution in [-0.2, 0) is 12.8 Å². The van der Waals surface area contributed by atoms with Crippen LogP contribution in [0.2, 0.25) is 0 Å². The van der Waals surface area contributed by atoms with E-state index in [0.717, 1.165) is 6.39 Å². The molecular formula is C12H6F4N4O3. The van der Waals surface area contributed by atoms with Crippen LogP contribution >= 0.6 is 0 Å². The normalized spacial score (nSPS) is 11.7. The summed E-state index contributed by atoms with van der Waals surface area (Å²) in [4.78, 5) is 6.81. The SMILES string of the molecule is Fc1c(OCc2ncon2)cccc1-c1noc(C(F)(F)F)n1. The van der Waals surface area contributed by atoms with Crippen LogP contribution in [0.1, 0.15) is 11.7 Å². The Morgan fingerprint density at radius 1 is 1.17 bits per heavy atom. The molecule has 7 nitrogen and oxygen atoms in total. The number of nitrogens with zero attached hydrogens (tertiary/aromatic N) is 4. The van der Waals surface area contributed by atoms with Gasteiger partial charge in [-0.2, -0.15) is 23.1 Å². The fourth-order valence-electron chi connectivity index (χ4n) is 1.64. The Morgan fingerprint density at radius 2 is 2.00 bits per heavy atom. The monoisotopic (exact) mass is 330 g/mol. The maximum absolute atomic E-state index is 14.3. The molecule has 2 aromatic heterocycles. The molecule has 120 valence electrons. The van der Waals surface area contributed by atoms with Gasteiger partial charge in [0.1, 0.15) is 0 Å². The summed E-state index contributed by atoms with van der Waals surface area (Å²) in [6.07, 6.45) is -3.74. The summed E-state index contributed by atoms with van der Waals surface area (Å²) in [5.74, 6) is -3.10. The Hall–Kier alpha value is -2.98. The maximum Gasteiger partial charge on any atom is 0.471 e. The molecule has 0 spiro atoms. The predicted molar refractivity (Wildman–Crippen MR) is 63.3 cm³/mol. The minimum atomic E-state index is -4.81. The molecule has 0 amide bonds. The van der Waals surface area contributed by atoms with Gasteiger partial charge in [0.05, 0.1) is 5.56 Å². The van der Waals surface area contributed by atoms with Crippen molar-refractivity contribution >= 4 is 0 Å². The minimum absolute atomic E-state index is 0.175. The smallest absolute Gasteiger partial charge is 0.471 e. The van der Waals surface area contributed by atoms with Gasteiger partial charge in [0.2, 0.25) is 18.0 Å². The Bertz CT molecular complexity index is 801. The van der Waals surface area contributed by atoms with Gasteiger partial charge in [-0.3, -0.25) is 0 Å². The second-order valence-electron chi connectivity index (χ2n) is 4.17. The zero-order valence-corrected chi connectivity index (χ0v) is 11.0. The van der Waals surface area contributed by atoms with Crippen molar-refractivity contribution in [1.82, 2.24) is 20.3 Å². The fraction of sp³-hybridized carbons (Fsp3) is 0.167. The molecule has 0 aliphatic carbocycles. The van der Waals surface area contributed by atoms with Crippen LogP contribution in [0.4, 0.5) is 17.6 Å². The second kappa shape index (κ2) is 5.66. The Kier molecular flexibility index (Phi) is 3.68. The van der Waals surface area contributed by atoms with Gasteiger partial charge in [-0.25, -0.2) is 4.39 Å². The average molecular weight is 330 g/mol. The van der Waals surface area contributed by atoms with Gasteiger partial charge in [0.15, 0.2) is 18.2 Å². The van der Waals surface area contributed by atoms with Crippen molar-refractivity contribution in [3.05, 3.63) is 42.1 Å². The first-order valence-electron chi connectivity index (χ1n) is 6.03. The molecule has 23 heavy (non-hydrogen) atoms. The second-order valence-corrected chi connectivity index (χ2v) is 4.17. The summed E-state index contributed by atoms with van der Waals surface area (Å²) < 4.78 is 65.3. The molecule has 0 radical (unpaired) electrons. The predicted octanol–water partition coefficient (Wildman–Crippen LogP) is 2.86. The van der Waals surface area contributed by atoms with Gasteiger partial charge >= 0.3 is 12.1 Å². The van der Waals surface area contributed by atoms with Crippen molar-refractivity contribution in [2.45, 2.75) is 12.8 Å². The van der Waals surface area contributed by atoms with E-state index in [-0.39, 0.29) is 23.7 Å². The lowest BCUT2D eigenvalue weighted by Gasteiger charge is -2.06. The van der Waals surface area contributed by atoms with Gasteiger partial charge in [-0.1, -0.05) is 16.4 Å². The number of rotatable bonds is 4. The van der Waals surface area contributed by atoms with E-state index in [4.69, 9.17) is 4.74 Å². The quantitative estimate of drug-likeness (QED) is 0.680. The molecule has 3 rings (SSSR count). The largest absolute Gasteiger partial charge is 0.482 e. The zero-order chi connectivity index (χ0) is 16.4. The standard InChI is InChI=1S/C12H6F4N4O3/c13-9-6(10-18-11(23-20-10)12(14,15)16)2-1-3-7(9)21-4-8-17-5-22-19-8/h1-3,5H,4H2. The summed E-state index contributed by atoms with van der Waals surface area (Å²) in [5.41, 5.74) is -0.296. The number of alkyl halides is 3. The van der Waals surface area contributed by atoms with Crippen LogP contribution in [-0.4, -0.2) is 20.3 Å². The Balaban J connectivity index is 1.86.